The van der Waals surface area contributed by atoms with Gasteiger partial charge in [0.25, 0.3) is 0 Å². The van der Waals surface area contributed by atoms with E-state index in [0.717, 1.165) is 17.8 Å². The number of rotatable bonds is 2. The maximum atomic E-state index is 2.35. The van der Waals surface area contributed by atoms with Crippen LogP contribution in [0, 0.1) is 17.8 Å². The zero-order chi connectivity index (χ0) is 10.3. The summed E-state index contributed by atoms with van der Waals surface area (Å²) in [7, 11) is 0. The Balaban J connectivity index is 0.000000226. The smallest absolute Gasteiger partial charge is 0.0440 e. The zero-order valence-electron chi connectivity index (χ0n) is 10.3. The van der Waals surface area contributed by atoms with Crippen molar-refractivity contribution in [3.63, 3.8) is 0 Å². The molecule has 0 bridgehead atoms. The molecule has 1 aliphatic rings. The van der Waals surface area contributed by atoms with Gasteiger partial charge in [-0.1, -0.05) is 60.3 Å². The summed E-state index contributed by atoms with van der Waals surface area (Å²) in [5.74, 6) is 2.94. The van der Waals surface area contributed by atoms with Gasteiger partial charge in [-0.05, 0) is 24.2 Å². The van der Waals surface area contributed by atoms with E-state index in [1.807, 2.05) is 0 Å². The molecule has 0 spiro atoms. The van der Waals surface area contributed by atoms with Gasteiger partial charge in [-0.3, -0.25) is 0 Å². The molecule has 1 saturated carbocycles. The van der Waals surface area contributed by atoms with E-state index in [4.69, 9.17) is 0 Å². The van der Waals surface area contributed by atoms with Gasteiger partial charge in [0.05, 0.1) is 0 Å². The number of hydrogen-bond acceptors (Lipinski definition) is 0. The van der Waals surface area contributed by atoms with Gasteiger partial charge in [0.1, 0.15) is 0 Å². The van der Waals surface area contributed by atoms with Crippen LogP contribution < -0.4 is 0 Å². The summed E-state index contributed by atoms with van der Waals surface area (Å²) < 4.78 is 0. The molecular weight excluding hydrogens is 156 g/mol. The van der Waals surface area contributed by atoms with Gasteiger partial charge >= 0.3 is 0 Å². The van der Waals surface area contributed by atoms with Crippen LogP contribution in [-0.2, 0) is 0 Å². The minimum Gasteiger partial charge on any atom is -0.0654 e. The maximum absolute atomic E-state index is 2.35. The van der Waals surface area contributed by atoms with E-state index >= 15 is 0 Å². The van der Waals surface area contributed by atoms with Crippen LogP contribution >= 0.6 is 0 Å². The van der Waals surface area contributed by atoms with Crippen LogP contribution in [0.2, 0.25) is 0 Å². The fourth-order valence-corrected chi connectivity index (χ4v) is 2.07. The molecule has 0 aromatic heterocycles. The molecule has 0 radical (unpaired) electrons. The summed E-state index contributed by atoms with van der Waals surface area (Å²) in [5, 5.41) is 0. The predicted octanol–water partition coefficient (Wildman–Crippen LogP) is 4.89. The Bertz CT molecular complexity index is 96.6. The third kappa shape index (κ3) is 8.33. The average molecular weight is 184 g/mol. The molecule has 2 atom stereocenters. The van der Waals surface area contributed by atoms with E-state index in [9.17, 15) is 0 Å². The minimum absolute atomic E-state index is 0.898. The Morgan fingerprint density at radius 2 is 1.54 bits per heavy atom. The van der Waals surface area contributed by atoms with Crippen molar-refractivity contribution in [1.29, 1.82) is 0 Å². The lowest BCUT2D eigenvalue weighted by molar-refractivity contribution is 0.555. The first kappa shape index (κ1) is 13.0. The molecule has 2 unspecified atom stereocenters. The lowest BCUT2D eigenvalue weighted by Gasteiger charge is -1.96. The summed E-state index contributed by atoms with van der Waals surface area (Å²) in [6.07, 6.45) is 7.12. The lowest BCUT2D eigenvalue weighted by atomic mass is 10.1. The van der Waals surface area contributed by atoms with Gasteiger partial charge in [-0.15, -0.1) is 0 Å². The highest BCUT2D eigenvalue weighted by Gasteiger charge is 2.15. The Morgan fingerprint density at radius 3 is 1.62 bits per heavy atom. The first-order valence-electron chi connectivity index (χ1n) is 6.06. The highest BCUT2D eigenvalue weighted by Crippen LogP contribution is 2.29. The molecule has 1 fully saturated rings. The van der Waals surface area contributed by atoms with E-state index in [2.05, 4.69) is 34.6 Å². The molecule has 1 aliphatic carbocycles. The maximum Gasteiger partial charge on any atom is -0.0440 e. The van der Waals surface area contributed by atoms with Crippen molar-refractivity contribution < 1.29 is 0 Å². The van der Waals surface area contributed by atoms with Crippen LogP contribution in [0.25, 0.3) is 0 Å². The third-order valence-electron chi connectivity index (χ3n) is 2.82. The van der Waals surface area contributed by atoms with Crippen LogP contribution in [0.4, 0.5) is 0 Å². The molecule has 0 heteroatoms. The molecule has 0 N–H and O–H groups in total. The monoisotopic (exact) mass is 184 g/mol. The summed E-state index contributed by atoms with van der Waals surface area (Å²) in [4.78, 5) is 0. The quantitative estimate of drug-likeness (QED) is 0.573. The summed E-state index contributed by atoms with van der Waals surface area (Å²) in [5.41, 5.74) is 0. The van der Waals surface area contributed by atoms with E-state index in [1.54, 1.807) is 0 Å². The van der Waals surface area contributed by atoms with Crippen LogP contribution in [-0.4, -0.2) is 0 Å². The van der Waals surface area contributed by atoms with Crippen molar-refractivity contribution in [3.8, 4) is 0 Å². The standard InChI is InChI=1S/C7H14.C6H14/c1-6-3-4-7(2)5-6;1-4-5-6(2)3/h6-7H,3-5H2,1-2H3;6H,4-5H2,1-3H3. The molecule has 0 aromatic carbocycles. The lowest BCUT2D eigenvalue weighted by Crippen LogP contribution is -1.84. The summed E-state index contributed by atoms with van der Waals surface area (Å²) >= 11 is 0. The van der Waals surface area contributed by atoms with Gasteiger partial charge in [-0.2, -0.15) is 0 Å². The molecule has 0 amide bonds. The van der Waals surface area contributed by atoms with Gasteiger partial charge in [0, 0.05) is 0 Å². The van der Waals surface area contributed by atoms with Crippen molar-refractivity contribution in [3.05, 3.63) is 0 Å². The highest BCUT2D eigenvalue weighted by atomic mass is 14.2. The van der Waals surface area contributed by atoms with Crippen LogP contribution in [0.1, 0.15) is 66.7 Å². The van der Waals surface area contributed by atoms with Crippen molar-refractivity contribution >= 4 is 0 Å². The van der Waals surface area contributed by atoms with Crippen LogP contribution in [0.5, 0.6) is 0 Å². The molecule has 0 aromatic rings. The molecule has 0 nitrogen and oxygen atoms in total. The highest BCUT2D eigenvalue weighted by molar-refractivity contribution is 4.68. The molecular formula is C13H28. The third-order valence-corrected chi connectivity index (χ3v) is 2.82. The second-order valence-corrected chi connectivity index (χ2v) is 5.21. The second-order valence-electron chi connectivity index (χ2n) is 5.21. The summed E-state index contributed by atoms with van der Waals surface area (Å²) in [6, 6.07) is 0. The molecule has 13 heavy (non-hydrogen) atoms. The Hall–Kier alpha value is 0. The molecule has 80 valence electrons. The second kappa shape index (κ2) is 7.41. The SMILES string of the molecule is CC1CCC(C)C1.CCCC(C)C. The predicted molar refractivity (Wildman–Crippen MR) is 61.9 cm³/mol. The van der Waals surface area contributed by atoms with E-state index in [0.29, 0.717) is 0 Å². The fourth-order valence-electron chi connectivity index (χ4n) is 2.07. The number of hydrogen-bond donors (Lipinski definition) is 0. The van der Waals surface area contributed by atoms with Crippen LogP contribution in [0.15, 0.2) is 0 Å². The first-order valence-corrected chi connectivity index (χ1v) is 6.06. The van der Waals surface area contributed by atoms with Gasteiger partial charge < -0.3 is 0 Å². The normalized spacial score (nSPS) is 27.2. The minimum atomic E-state index is 0.898. The Morgan fingerprint density at radius 1 is 1.08 bits per heavy atom. The summed E-state index contributed by atoms with van der Waals surface area (Å²) in [6.45, 7) is 11.4. The van der Waals surface area contributed by atoms with Crippen molar-refractivity contribution in [2.75, 3.05) is 0 Å². The Kier molecular flexibility index (Phi) is 7.41. The average Bonchev–Trinajstić information content (AvgIpc) is 2.35. The van der Waals surface area contributed by atoms with E-state index < -0.39 is 0 Å². The topological polar surface area (TPSA) is 0 Å². The van der Waals surface area contributed by atoms with Crippen molar-refractivity contribution in [1.82, 2.24) is 0 Å². The van der Waals surface area contributed by atoms with E-state index in [1.165, 1.54) is 32.1 Å². The zero-order valence-corrected chi connectivity index (χ0v) is 10.3. The molecule has 1 rings (SSSR count). The van der Waals surface area contributed by atoms with Gasteiger partial charge in [0.15, 0.2) is 0 Å². The molecule has 0 saturated heterocycles. The molecule has 0 aliphatic heterocycles. The first-order chi connectivity index (χ1) is 6.06. The Labute approximate surface area is 85.1 Å². The van der Waals surface area contributed by atoms with Gasteiger partial charge in [-0.25, -0.2) is 0 Å². The van der Waals surface area contributed by atoms with Crippen molar-refractivity contribution in [2.45, 2.75) is 66.7 Å². The van der Waals surface area contributed by atoms with E-state index in [-0.39, 0.29) is 0 Å². The van der Waals surface area contributed by atoms with Crippen molar-refractivity contribution in [2.24, 2.45) is 17.8 Å². The van der Waals surface area contributed by atoms with Crippen LogP contribution in [0.3, 0.4) is 0 Å². The largest absolute Gasteiger partial charge is 0.0654 e. The van der Waals surface area contributed by atoms with Gasteiger partial charge in [0.2, 0.25) is 0 Å². The fraction of sp³-hybridized carbons (Fsp3) is 1.00. The molecule has 0 heterocycles.